The van der Waals surface area contributed by atoms with Gasteiger partial charge in [0.05, 0.1) is 16.3 Å². The number of aryl methyl sites for hydroxylation is 1. The fourth-order valence-corrected chi connectivity index (χ4v) is 6.04. The van der Waals surface area contributed by atoms with Crippen molar-refractivity contribution in [1.82, 2.24) is 25.7 Å². The molecule has 3 aromatic heterocycles. The number of thiophene rings is 1. The van der Waals surface area contributed by atoms with Crippen LogP contribution in [0.4, 0.5) is 0 Å². The predicted octanol–water partition coefficient (Wildman–Crippen LogP) is 4.02. The van der Waals surface area contributed by atoms with E-state index in [1.165, 1.54) is 22.7 Å². The summed E-state index contributed by atoms with van der Waals surface area (Å²) in [6.07, 6.45) is 3.92. The Kier molecular flexibility index (Phi) is 6.65. The van der Waals surface area contributed by atoms with Crippen molar-refractivity contribution >= 4 is 51.3 Å². The number of aromatic nitrogens is 2. The standard InChI is InChI=1S/C25H25N5O3S2/c1-15-6-7-21(35-15)24(33)29-28-23(32)20-14-34-25(27-20)16-8-10-30(11-9-16)22(31)12-17-13-26-19-5-3-2-4-18(17)19/h2-7,13-14,16,26H,8-12H2,1H3,(H,28,32)(H,29,33). The number of likely N-dealkylation sites (tertiary alicyclic amines) is 1. The lowest BCUT2D eigenvalue weighted by Crippen LogP contribution is -2.41. The van der Waals surface area contributed by atoms with Gasteiger partial charge in [0.15, 0.2) is 0 Å². The predicted molar refractivity (Wildman–Crippen MR) is 137 cm³/mol. The Morgan fingerprint density at radius 1 is 1.09 bits per heavy atom. The van der Waals surface area contributed by atoms with Gasteiger partial charge in [-0.3, -0.25) is 25.2 Å². The zero-order valence-electron chi connectivity index (χ0n) is 19.2. The number of H-pyrrole nitrogens is 1. The van der Waals surface area contributed by atoms with Gasteiger partial charge in [-0.05, 0) is 43.5 Å². The molecule has 3 amide bonds. The number of para-hydroxylation sites is 1. The van der Waals surface area contributed by atoms with Crippen molar-refractivity contribution in [3.05, 3.63) is 74.0 Å². The highest BCUT2D eigenvalue weighted by molar-refractivity contribution is 7.14. The van der Waals surface area contributed by atoms with E-state index in [0.29, 0.717) is 24.4 Å². The van der Waals surface area contributed by atoms with E-state index in [1.807, 2.05) is 48.4 Å². The van der Waals surface area contributed by atoms with E-state index in [9.17, 15) is 14.4 Å². The molecule has 0 saturated carbocycles. The molecule has 8 nitrogen and oxygen atoms in total. The molecule has 0 atom stereocenters. The highest BCUT2D eigenvalue weighted by atomic mass is 32.1. The number of hydrazine groups is 1. The van der Waals surface area contributed by atoms with Crippen LogP contribution in [0.15, 0.2) is 48.0 Å². The quantitative estimate of drug-likeness (QED) is 0.355. The lowest BCUT2D eigenvalue weighted by molar-refractivity contribution is -0.131. The Balaban J connectivity index is 1.12. The van der Waals surface area contributed by atoms with Gasteiger partial charge in [0.1, 0.15) is 5.69 Å². The topological polar surface area (TPSA) is 107 Å². The number of hydrogen-bond acceptors (Lipinski definition) is 6. The van der Waals surface area contributed by atoms with Crippen LogP contribution in [0.5, 0.6) is 0 Å². The molecule has 0 unspecified atom stereocenters. The maximum atomic E-state index is 12.9. The summed E-state index contributed by atoms with van der Waals surface area (Å²) in [6.45, 7) is 3.26. The number of carbonyl (C=O) groups excluding carboxylic acids is 3. The summed E-state index contributed by atoms with van der Waals surface area (Å²) in [6, 6.07) is 11.6. The molecular weight excluding hydrogens is 482 g/mol. The second-order valence-electron chi connectivity index (χ2n) is 8.58. The van der Waals surface area contributed by atoms with Crippen molar-refractivity contribution in [3.63, 3.8) is 0 Å². The van der Waals surface area contributed by atoms with Crippen LogP contribution >= 0.6 is 22.7 Å². The van der Waals surface area contributed by atoms with Crippen molar-refractivity contribution in [3.8, 4) is 0 Å². The number of piperidine rings is 1. The van der Waals surface area contributed by atoms with Gasteiger partial charge in [0.25, 0.3) is 11.8 Å². The van der Waals surface area contributed by atoms with Gasteiger partial charge in [-0.25, -0.2) is 4.98 Å². The summed E-state index contributed by atoms with van der Waals surface area (Å²) in [4.78, 5) is 48.7. The first-order chi connectivity index (χ1) is 17.0. The van der Waals surface area contributed by atoms with Crippen LogP contribution in [0.25, 0.3) is 10.9 Å². The van der Waals surface area contributed by atoms with E-state index in [-0.39, 0.29) is 23.4 Å². The summed E-state index contributed by atoms with van der Waals surface area (Å²) in [7, 11) is 0. The van der Waals surface area contributed by atoms with Crippen LogP contribution in [-0.2, 0) is 11.2 Å². The van der Waals surface area contributed by atoms with Crippen molar-refractivity contribution < 1.29 is 14.4 Å². The van der Waals surface area contributed by atoms with Crippen LogP contribution in [0.1, 0.15) is 54.4 Å². The Morgan fingerprint density at radius 2 is 1.86 bits per heavy atom. The molecule has 4 heterocycles. The second-order valence-corrected chi connectivity index (χ2v) is 10.8. The monoisotopic (exact) mass is 507 g/mol. The molecule has 0 radical (unpaired) electrons. The molecule has 1 aliphatic rings. The number of hydrogen-bond donors (Lipinski definition) is 3. The molecule has 0 bridgehead atoms. The average Bonchev–Trinajstić information content (AvgIpc) is 3.63. The smallest absolute Gasteiger partial charge is 0.289 e. The Hall–Kier alpha value is -3.50. The van der Waals surface area contributed by atoms with Crippen LogP contribution < -0.4 is 10.9 Å². The third-order valence-electron chi connectivity index (χ3n) is 6.22. The molecule has 1 aliphatic heterocycles. The molecule has 1 fully saturated rings. The number of benzene rings is 1. The van der Waals surface area contributed by atoms with Gasteiger partial charge >= 0.3 is 0 Å². The van der Waals surface area contributed by atoms with E-state index < -0.39 is 5.91 Å². The van der Waals surface area contributed by atoms with Crippen molar-refractivity contribution in [1.29, 1.82) is 0 Å². The van der Waals surface area contributed by atoms with Crippen molar-refractivity contribution in [2.45, 2.75) is 32.1 Å². The Morgan fingerprint density at radius 3 is 2.63 bits per heavy atom. The molecule has 10 heteroatoms. The summed E-state index contributed by atoms with van der Waals surface area (Å²) >= 11 is 2.81. The lowest BCUT2D eigenvalue weighted by Gasteiger charge is -2.31. The largest absolute Gasteiger partial charge is 0.361 e. The molecule has 35 heavy (non-hydrogen) atoms. The number of rotatable bonds is 5. The van der Waals surface area contributed by atoms with Crippen LogP contribution in [0, 0.1) is 6.92 Å². The summed E-state index contributed by atoms with van der Waals surface area (Å²) in [5.74, 6) is -0.455. The number of thiazole rings is 1. The highest BCUT2D eigenvalue weighted by Crippen LogP contribution is 2.31. The number of amides is 3. The number of nitrogens with zero attached hydrogens (tertiary/aromatic N) is 2. The van der Waals surface area contributed by atoms with Crippen molar-refractivity contribution in [2.75, 3.05) is 13.1 Å². The lowest BCUT2D eigenvalue weighted by atomic mass is 9.97. The third kappa shape index (κ3) is 5.13. The van der Waals surface area contributed by atoms with E-state index >= 15 is 0 Å². The normalized spacial score (nSPS) is 14.3. The SMILES string of the molecule is Cc1ccc(C(=O)NNC(=O)c2csc(C3CCN(C(=O)Cc4c[nH]c5ccccc45)CC3)n2)s1. The number of fused-ring (bicyclic) bond motifs is 1. The minimum Gasteiger partial charge on any atom is -0.361 e. The molecule has 180 valence electrons. The molecule has 0 spiro atoms. The van der Waals surface area contributed by atoms with E-state index in [2.05, 4.69) is 20.8 Å². The number of aromatic amines is 1. The second kappa shape index (κ2) is 10.0. The minimum atomic E-state index is -0.444. The zero-order valence-corrected chi connectivity index (χ0v) is 20.8. The van der Waals surface area contributed by atoms with Gasteiger partial charge in [0.2, 0.25) is 5.91 Å². The van der Waals surface area contributed by atoms with Gasteiger partial charge in [-0.1, -0.05) is 18.2 Å². The Labute approximate surface area is 210 Å². The van der Waals surface area contributed by atoms with Gasteiger partial charge in [-0.2, -0.15) is 0 Å². The van der Waals surface area contributed by atoms with Crippen molar-refractivity contribution in [2.24, 2.45) is 0 Å². The summed E-state index contributed by atoms with van der Waals surface area (Å²) in [5, 5.41) is 3.69. The van der Waals surface area contributed by atoms with E-state index in [4.69, 9.17) is 0 Å². The molecule has 4 aromatic rings. The van der Waals surface area contributed by atoms with E-state index in [1.54, 1.807) is 11.4 Å². The minimum absolute atomic E-state index is 0.129. The maximum Gasteiger partial charge on any atom is 0.289 e. The van der Waals surface area contributed by atoms with Gasteiger partial charge in [-0.15, -0.1) is 22.7 Å². The first kappa shape index (κ1) is 23.3. The molecule has 0 aliphatic carbocycles. The van der Waals surface area contributed by atoms with Crippen LogP contribution in [0.3, 0.4) is 0 Å². The number of carbonyl (C=O) groups is 3. The van der Waals surface area contributed by atoms with Gasteiger partial charge < -0.3 is 9.88 Å². The fraction of sp³-hybridized carbons (Fsp3) is 0.280. The summed E-state index contributed by atoms with van der Waals surface area (Å²) < 4.78 is 0. The van der Waals surface area contributed by atoms with Gasteiger partial charge in [0, 0.05) is 46.4 Å². The Bertz CT molecular complexity index is 1380. The van der Waals surface area contributed by atoms with Crippen LogP contribution in [-0.4, -0.2) is 45.7 Å². The molecule has 1 aromatic carbocycles. The molecule has 3 N–H and O–H groups in total. The highest BCUT2D eigenvalue weighted by Gasteiger charge is 2.27. The number of nitrogens with one attached hydrogen (secondary N) is 3. The molecule has 1 saturated heterocycles. The third-order valence-corrected chi connectivity index (χ3v) is 8.23. The molecular formula is C25H25N5O3S2. The first-order valence-electron chi connectivity index (χ1n) is 11.4. The van der Waals surface area contributed by atoms with E-state index in [0.717, 1.165) is 39.2 Å². The average molecular weight is 508 g/mol. The fourth-order valence-electron chi connectivity index (χ4n) is 4.30. The maximum absolute atomic E-state index is 12.9. The van der Waals surface area contributed by atoms with Crippen LogP contribution in [0.2, 0.25) is 0 Å². The summed E-state index contributed by atoms with van der Waals surface area (Å²) in [5.41, 5.74) is 7.21. The first-order valence-corrected chi connectivity index (χ1v) is 13.1. The molecule has 5 rings (SSSR count). The zero-order chi connectivity index (χ0) is 24.4.